The Hall–Kier alpha value is -2.43. The molecule has 0 spiro atoms. The number of nitrogens with zero attached hydrogens (tertiary/aromatic N) is 1. The molecule has 26 heavy (non-hydrogen) atoms. The number of carbonyl (C=O) groups is 1. The fraction of sp³-hybridized carbons (Fsp3) is 0.429. The molecule has 0 aliphatic heterocycles. The van der Waals surface area contributed by atoms with Crippen molar-refractivity contribution in [2.75, 3.05) is 7.11 Å². The Morgan fingerprint density at radius 1 is 1.23 bits per heavy atom. The minimum Gasteiger partial charge on any atom is -0.480 e. The summed E-state index contributed by atoms with van der Waals surface area (Å²) in [6.07, 6.45) is 4.73. The molecule has 0 atom stereocenters. The van der Waals surface area contributed by atoms with Gasteiger partial charge in [-0.3, -0.25) is 4.79 Å². The van der Waals surface area contributed by atoms with E-state index in [0.29, 0.717) is 17.9 Å². The number of pyridine rings is 1. The van der Waals surface area contributed by atoms with Crippen LogP contribution in [-0.2, 0) is 19.3 Å². The van der Waals surface area contributed by atoms with E-state index in [0.717, 1.165) is 42.5 Å². The Balaban J connectivity index is 1.79. The van der Waals surface area contributed by atoms with Crippen LogP contribution in [0.25, 0.3) is 0 Å². The van der Waals surface area contributed by atoms with Crippen molar-refractivity contribution in [1.29, 1.82) is 0 Å². The summed E-state index contributed by atoms with van der Waals surface area (Å²) in [4.78, 5) is 17.4. The number of hydrogen-bond donors (Lipinski definition) is 1. The van der Waals surface area contributed by atoms with Crippen LogP contribution in [0.2, 0.25) is 0 Å². The quantitative estimate of drug-likeness (QED) is 0.885. The normalized spacial score (nSPS) is 13.8. The van der Waals surface area contributed by atoms with Gasteiger partial charge in [0, 0.05) is 11.2 Å². The largest absolute Gasteiger partial charge is 0.480 e. The maximum absolute atomic E-state index is 13.1. The summed E-state index contributed by atoms with van der Waals surface area (Å²) in [7, 11) is 1.54. The monoisotopic (exact) mass is 356 g/mol. The molecule has 1 amide bonds. The number of ether oxygens (including phenoxy) is 1. The lowest BCUT2D eigenvalue weighted by Crippen LogP contribution is -2.45. The number of fused-ring (bicyclic) bond motifs is 1. The molecule has 1 aliphatic rings. The number of benzene rings is 1. The van der Waals surface area contributed by atoms with Crippen molar-refractivity contribution >= 4 is 5.91 Å². The molecule has 5 heteroatoms. The Morgan fingerprint density at radius 2 is 1.92 bits per heavy atom. The Labute approximate surface area is 153 Å². The van der Waals surface area contributed by atoms with Crippen LogP contribution >= 0.6 is 0 Å². The van der Waals surface area contributed by atoms with Gasteiger partial charge in [-0.15, -0.1) is 0 Å². The van der Waals surface area contributed by atoms with Gasteiger partial charge in [0.2, 0.25) is 5.88 Å². The van der Waals surface area contributed by atoms with Crippen LogP contribution < -0.4 is 10.1 Å². The van der Waals surface area contributed by atoms with Crippen molar-refractivity contribution < 1.29 is 13.9 Å². The number of halogens is 1. The second-order valence-electron chi connectivity index (χ2n) is 7.50. The van der Waals surface area contributed by atoms with Crippen LogP contribution in [0.1, 0.15) is 53.9 Å². The first-order valence-electron chi connectivity index (χ1n) is 9.02. The highest BCUT2D eigenvalue weighted by Gasteiger charge is 2.26. The van der Waals surface area contributed by atoms with E-state index >= 15 is 0 Å². The predicted octanol–water partition coefficient (Wildman–Crippen LogP) is 3.86. The lowest BCUT2D eigenvalue weighted by molar-refractivity contribution is 0.0909. The number of methoxy groups -OCH3 is 1. The summed E-state index contributed by atoms with van der Waals surface area (Å²) in [5, 5.41) is 3.06. The van der Waals surface area contributed by atoms with Crippen molar-refractivity contribution in [3.63, 3.8) is 0 Å². The van der Waals surface area contributed by atoms with Crippen molar-refractivity contribution in [2.24, 2.45) is 0 Å². The van der Waals surface area contributed by atoms with Gasteiger partial charge in [-0.2, -0.15) is 0 Å². The highest BCUT2D eigenvalue weighted by molar-refractivity contribution is 5.97. The fourth-order valence-corrected chi connectivity index (χ4v) is 3.46. The van der Waals surface area contributed by atoms with E-state index in [-0.39, 0.29) is 11.7 Å². The van der Waals surface area contributed by atoms with Gasteiger partial charge >= 0.3 is 0 Å². The molecule has 2 aromatic rings. The van der Waals surface area contributed by atoms with Gasteiger partial charge in [-0.05, 0) is 75.3 Å². The lowest BCUT2D eigenvalue weighted by Gasteiger charge is -2.27. The van der Waals surface area contributed by atoms with Crippen LogP contribution in [0, 0.1) is 5.82 Å². The minimum absolute atomic E-state index is 0.199. The molecular weight excluding hydrogens is 331 g/mol. The van der Waals surface area contributed by atoms with E-state index < -0.39 is 5.54 Å². The Kier molecular flexibility index (Phi) is 5.25. The van der Waals surface area contributed by atoms with Gasteiger partial charge in [0.05, 0.1) is 7.11 Å². The third-order valence-electron chi connectivity index (χ3n) is 4.72. The SMILES string of the molecule is COc1nc2c(cc1C(=O)NC(C)(C)Cc1ccc(F)cc1)CCCC2. The van der Waals surface area contributed by atoms with Crippen molar-refractivity contribution in [3.05, 3.63) is 58.5 Å². The second-order valence-corrected chi connectivity index (χ2v) is 7.50. The summed E-state index contributed by atoms with van der Waals surface area (Å²) in [5.41, 5.74) is 3.12. The first-order chi connectivity index (χ1) is 12.4. The van der Waals surface area contributed by atoms with Gasteiger partial charge in [0.25, 0.3) is 5.91 Å². The third kappa shape index (κ3) is 4.21. The molecule has 3 rings (SSSR count). The first kappa shape index (κ1) is 18.4. The lowest BCUT2D eigenvalue weighted by atomic mass is 9.93. The first-order valence-corrected chi connectivity index (χ1v) is 9.02. The number of aryl methyl sites for hydroxylation is 2. The molecule has 0 saturated heterocycles. The number of hydrogen-bond acceptors (Lipinski definition) is 3. The molecule has 1 N–H and O–H groups in total. The van der Waals surface area contributed by atoms with Crippen LogP contribution in [0.4, 0.5) is 4.39 Å². The molecule has 0 saturated carbocycles. The second kappa shape index (κ2) is 7.44. The number of aromatic nitrogens is 1. The number of amides is 1. The molecular formula is C21H25FN2O2. The maximum atomic E-state index is 13.1. The van der Waals surface area contributed by atoms with Crippen molar-refractivity contribution in [1.82, 2.24) is 10.3 Å². The van der Waals surface area contributed by atoms with E-state index in [1.54, 1.807) is 12.1 Å². The summed E-state index contributed by atoms with van der Waals surface area (Å²) in [6.45, 7) is 3.90. The summed E-state index contributed by atoms with van der Waals surface area (Å²) < 4.78 is 18.4. The summed E-state index contributed by atoms with van der Waals surface area (Å²) in [6, 6.07) is 8.27. The van der Waals surface area contributed by atoms with Crippen molar-refractivity contribution in [3.8, 4) is 5.88 Å². The Morgan fingerprint density at radius 3 is 2.62 bits per heavy atom. The highest BCUT2D eigenvalue weighted by Crippen LogP contribution is 2.26. The number of rotatable bonds is 5. The molecule has 1 heterocycles. The zero-order valence-electron chi connectivity index (χ0n) is 15.6. The standard InChI is InChI=1S/C21H25FN2O2/c1-21(2,13-14-8-10-16(22)11-9-14)24-19(25)17-12-15-6-4-5-7-18(15)23-20(17)26-3/h8-12H,4-7,13H2,1-3H3,(H,24,25). The van der Waals surface area contributed by atoms with E-state index in [1.807, 2.05) is 19.9 Å². The fourth-order valence-electron chi connectivity index (χ4n) is 3.46. The van der Waals surface area contributed by atoms with Gasteiger partial charge in [0.15, 0.2) is 0 Å². The van der Waals surface area contributed by atoms with E-state index in [2.05, 4.69) is 10.3 Å². The number of carbonyl (C=O) groups excluding carboxylic acids is 1. The van der Waals surface area contributed by atoms with Crippen LogP contribution in [0.15, 0.2) is 30.3 Å². The molecule has 1 aliphatic carbocycles. The predicted molar refractivity (Wildman–Crippen MR) is 99.1 cm³/mol. The molecule has 0 fully saturated rings. The van der Waals surface area contributed by atoms with Crippen LogP contribution in [0.3, 0.4) is 0 Å². The summed E-state index contributed by atoms with van der Waals surface area (Å²) in [5.74, 6) is -0.0870. The van der Waals surface area contributed by atoms with E-state index in [9.17, 15) is 9.18 Å². The number of nitrogens with one attached hydrogen (secondary N) is 1. The van der Waals surface area contributed by atoms with E-state index in [4.69, 9.17) is 4.74 Å². The molecule has 4 nitrogen and oxygen atoms in total. The van der Waals surface area contributed by atoms with Crippen molar-refractivity contribution in [2.45, 2.75) is 51.5 Å². The molecule has 0 unspecified atom stereocenters. The van der Waals surface area contributed by atoms with Gasteiger partial charge in [-0.1, -0.05) is 12.1 Å². The molecule has 138 valence electrons. The topological polar surface area (TPSA) is 51.2 Å². The van der Waals surface area contributed by atoms with Gasteiger partial charge in [-0.25, -0.2) is 9.37 Å². The van der Waals surface area contributed by atoms with E-state index in [1.165, 1.54) is 19.2 Å². The third-order valence-corrected chi connectivity index (χ3v) is 4.72. The smallest absolute Gasteiger partial charge is 0.257 e. The zero-order valence-corrected chi connectivity index (χ0v) is 15.6. The average Bonchev–Trinajstić information content (AvgIpc) is 2.61. The molecule has 0 bridgehead atoms. The highest BCUT2D eigenvalue weighted by atomic mass is 19.1. The van der Waals surface area contributed by atoms with Gasteiger partial charge in [0.1, 0.15) is 11.4 Å². The van der Waals surface area contributed by atoms with Crippen LogP contribution in [-0.4, -0.2) is 23.5 Å². The maximum Gasteiger partial charge on any atom is 0.257 e. The van der Waals surface area contributed by atoms with Crippen LogP contribution in [0.5, 0.6) is 5.88 Å². The minimum atomic E-state index is -0.490. The molecule has 1 aromatic carbocycles. The van der Waals surface area contributed by atoms with Gasteiger partial charge < -0.3 is 10.1 Å². The average molecular weight is 356 g/mol. The molecule has 1 aromatic heterocycles. The Bertz CT molecular complexity index is 800. The zero-order chi connectivity index (χ0) is 18.7. The summed E-state index contributed by atoms with van der Waals surface area (Å²) >= 11 is 0. The molecule has 0 radical (unpaired) electrons.